The highest BCUT2D eigenvalue weighted by Gasteiger charge is 2.17. The van der Waals surface area contributed by atoms with E-state index in [9.17, 15) is 4.79 Å². The highest BCUT2D eigenvalue weighted by atomic mass is 32.1. The van der Waals surface area contributed by atoms with Crippen molar-refractivity contribution in [3.05, 3.63) is 58.3 Å². The molecular weight excluding hydrogens is 344 g/mol. The van der Waals surface area contributed by atoms with E-state index in [-0.39, 0.29) is 5.56 Å². The number of fused-ring (bicyclic) bond motifs is 3. The second-order valence-corrected chi connectivity index (χ2v) is 7.25. The lowest BCUT2D eigenvalue weighted by Crippen LogP contribution is -2.18. The fraction of sp³-hybridized carbons (Fsp3) is 0.150. The van der Waals surface area contributed by atoms with Crippen LogP contribution in [0.2, 0.25) is 0 Å². The zero-order chi connectivity index (χ0) is 18.4. The maximum absolute atomic E-state index is 13.1. The Kier molecular flexibility index (Phi) is 3.74. The van der Waals surface area contributed by atoms with E-state index in [1.165, 1.54) is 15.9 Å². The van der Waals surface area contributed by atoms with Gasteiger partial charge in [-0.1, -0.05) is 12.0 Å². The van der Waals surface area contributed by atoms with Crippen LogP contribution in [0.4, 0.5) is 5.69 Å². The molecule has 0 radical (unpaired) electrons. The van der Waals surface area contributed by atoms with Crippen LogP contribution in [-0.2, 0) is 0 Å². The fourth-order valence-corrected chi connectivity index (χ4v) is 4.06. The van der Waals surface area contributed by atoms with Crippen molar-refractivity contribution >= 4 is 37.5 Å². The Labute approximate surface area is 154 Å². The number of aryl methyl sites for hydroxylation is 1. The molecule has 0 N–H and O–H groups in total. The first-order valence-electron chi connectivity index (χ1n) is 8.05. The first-order valence-corrected chi connectivity index (χ1v) is 8.86. The summed E-state index contributed by atoms with van der Waals surface area (Å²) >= 11 is 1.37. The molecule has 0 atom stereocenters. The lowest BCUT2D eigenvalue weighted by molar-refractivity contribution is 0.965. The van der Waals surface area contributed by atoms with Gasteiger partial charge in [0.05, 0.1) is 22.3 Å². The number of anilines is 1. The average molecular weight is 360 g/mol. The van der Waals surface area contributed by atoms with Crippen molar-refractivity contribution in [1.29, 1.82) is 0 Å². The van der Waals surface area contributed by atoms with E-state index in [1.54, 1.807) is 12.5 Å². The fourth-order valence-electron chi connectivity index (χ4n) is 3.01. The van der Waals surface area contributed by atoms with Gasteiger partial charge in [-0.2, -0.15) is 0 Å². The Morgan fingerprint density at radius 3 is 2.77 bits per heavy atom. The van der Waals surface area contributed by atoms with E-state index in [2.05, 4.69) is 15.9 Å². The van der Waals surface area contributed by atoms with Crippen molar-refractivity contribution < 1.29 is 0 Å². The zero-order valence-electron chi connectivity index (χ0n) is 14.6. The maximum atomic E-state index is 13.1. The Bertz CT molecular complexity index is 1260. The maximum Gasteiger partial charge on any atom is 0.275 e. The Morgan fingerprint density at radius 1 is 1.23 bits per heavy atom. The Balaban J connectivity index is 2.03. The second kappa shape index (κ2) is 5.97. The molecule has 1 aromatic carbocycles. The summed E-state index contributed by atoms with van der Waals surface area (Å²) in [6, 6.07) is 7.56. The number of benzene rings is 1. The Hall–Kier alpha value is -3.17. The molecule has 3 heterocycles. The van der Waals surface area contributed by atoms with Gasteiger partial charge in [0.25, 0.3) is 5.56 Å². The molecule has 0 amide bonds. The third-order valence-electron chi connectivity index (χ3n) is 4.40. The zero-order valence-corrected chi connectivity index (χ0v) is 15.5. The highest BCUT2D eigenvalue weighted by molar-refractivity contribution is 7.25. The normalized spacial score (nSPS) is 11.0. The molecule has 3 aromatic heterocycles. The number of hydrogen-bond donors (Lipinski definition) is 0. The quantitative estimate of drug-likeness (QED) is 0.515. The summed E-state index contributed by atoms with van der Waals surface area (Å²) in [5.41, 5.74) is 4.04. The lowest BCUT2D eigenvalue weighted by Gasteiger charge is -2.13. The van der Waals surface area contributed by atoms with E-state index in [1.807, 2.05) is 50.2 Å². The standard InChI is InChI=1S/C20H16N4OS/c1-5-13-10-14(7-6-12(13)2)24-11-22-17-16-15(23(3)4)8-9-21-19(16)26-18(17)20(24)25/h1,6-11H,2-4H3. The Morgan fingerprint density at radius 2 is 2.04 bits per heavy atom. The van der Waals surface area contributed by atoms with Crippen molar-refractivity contribution in [3.8, 4) is 18.0 Å². The van der Waals surface area contributed by atoms with Crippen LogP contribution in [-0.4, -0.2) is 28.6 Å². The molecule has 4 rings (SSSR count). The van der Waals surface area contributed by atoms with E-state index in [0.717, 1.165) is 27.0 Å². The third-order valence-corrected chi connectivity index (χ3v) is 5.47. The minimum absolute atomic E-state index is 0.116. The van der Waals surface area contributed by atoms with Gasteiger partial charge in [-0.3, -0.25) is 9.36 Å². The molecule has 0 aliphatic heterocycles. The van der Waals surface area contributed by atoms with Crippen LogP contribution in [0.1, 0.15) is 11.1 Å². The molecule has 4 aromatic rings. The number of aromatic nitrogens is 3. The minimum atomic E-state index is -0.116. The summed E-state index contributed by atoms with van der Waals surface area (Å²) in [6.07, 6.45) is 8.88. The number of rotatable bonds is 2. The average Bonchev–Trinajstić information content (AvgIpc) is 3.02. The minimum Gasteiger partial charge on any atom is -0.377 e. The first-order chi connectivity index (χ1) is 12.5. The van der Waals surface area contributed by atoms with E-state index in [0.29, 0.717) is 15.9 Å². The summed E-state index contributed by atoms with van der Waals surface area (Å²) in [5.74, 6) is 2.65. The monoisotopic (exact) mass is 360 g/mol. The van der Waals surface area contributed by atoms with Crippen LogP contribution in [0.15, 0.2) is 41.6 Å². The smallest absolute Gasteiger partial charge is 0.275 e. The predicted octanol–water partition coefficient (Wildman–Crippen LogP) is 3.35. The summed E-state index contributed by atoms with van der Waals surface area (Å²) in [4.78, 5) is 24.9. The van der Waals surface area contributed by atoms with Crippen molar-refractivity contribution in [1.82, 2.24) is 14.5 Å². The number of terminal acetylenes is 1. The number of hydrogen-bond acceptors (Lipinski definition) is 5. The van der Waals surface area contributed by atoms with Crippen LogP contribution in [0.5, 0.6) is 0 Å². The molecule has 0 unspecified atom stereocenters. The molecule has 6 heteroatoms. The molecular formula is C20H16N4OS. The summed E-state index contributed by atoms with van der Waals surface area (Å²) < 4.78 is 2.12. The molecule has 26 heavy (non-hydrogen) atoms. The van der Waals surface area contributed by atoms with Gasteiger partial charge >= 0.3 is 0 Å². The van der Waals surface area contributed by atoms with Gasteiger partial charge in [0.15, 0.2) is 0 Å². The molecule has 0 aliphatic rings. The largest absolute Gasteiger partial charge is 0.377 e. The van der Waals surface area contributed by atoms with E-state index in [4.69, 9.17) is 6.42 Å². The van der Waals surface area contributed by atoms with Crippen molar-refractivity contribution in [2.24, 2.45) is 0 Å². The number of pyridine rings is 1. The third kappa shape index (κ3) is 2.37. The van der Waals surface area contributed by atoms with Crippen LogP contribution in [0, 0.1) is 19.3 Å². The van der Waals surface area contributed by atoms with Gasteiger partial charge in [-0.05, 0) is 30.7 Å². The van der Waals surface area contributed by atoms with Crippen LogP contribution in [0.25, 0.3) is 26.1 Å². The number of nitrogens with zero attached hydrogens (tertiary/aromatic N) is 4. The topological polar surface area (TPSA) is 51.0 Å². The summed E-state index contributed by atoms with van der Waals surface area (Å²) in [7, 11) is 3.93. The molecule has 0 spiro atoms. The van der Waals surface area contributed by atoms with Crippen molar-refractivity contribution in [2.45, 2.75) is 6.92 Å². The highest BCUT2D eigenvalue weighted by Crippen LogP contribution is 2.35. The van der Waals surface area contributed by atoms with Gasteiger partial charge in [0.1, 0.15) is 15.9 Å². The molecule has 5 nitrogen and oxygen atoms in total. The first kappa shape index (κ1) is 16.3. The lowest BCUT2D eigenvalue weighted by atomic mass is 10.1. The van der Waals surface area contributed by atoms with Crippen LogP contribution in [0.3, 0.4) is 0 Å². The predicted molar refractivity (Wildman–Crippen MR) is 108 cm³/mol. The molecule has 128 valence electrons. The van der Waals surface area contributed by atoms with E-state index < -0.39 is 0 Å². The molecule has 0 saturated heterocycles. The van der Waals surface area contributed by atoms with Gasteiger partial charge in [0.2, 0.25) is 0 Å². The van der Waals surface area contributed by atoms with Gasteiger partial charge in [-0.25, -0.2) is 9.97 Å². The van der Waals surface area contributed by atoms with Crippen LogP contribution >= 0.6 is 11.3 Å². The van der Waals surface area contributed by atoms with Gasteiger partial charge in [-0.15, -0.1) is 17.8 Å². The molecule has 0 fully saturated rings. The SMILES string of the molecule is C#Cc1cc(-n2cnc3c(sc4nccc(N(C)C)c43)c2=O)ccc1C. The van der Waals surface area contributed by atoms with Crippen LogP contribution < -0.4 is 10.5 Å². The van der Waals surface area contributed by atoms with Crippen molar-refractivity contribution in [3.63, 3.8) is 0 Å². The van der Waals surface area contributed by atoms with Gasteiger partial charge < -0.3 is 4.90 Å². The molecule has 0 aliphatic carbocycles. The summed E-state index contributed by atoms with van der Waals surface area (Å²) in [6.45, 7) is 1.95. The summed E-state index contributed by atoms with van der Waals surface area (Å²) in [5, 5.41) is 0.912. The molecule has 0 bridgehead atoms. The van der Waals surface area contributed by atoms with Crippen molar-refractivity contribution in [2.75, 3.05) is 19.0 Å². The number of thiophene rings is 1. The second-order valence-electron chi connectivity index (χ2n) is 6.25. The van der Waals surface area contributed by atoms with Gasteiger partial charge in [0, 0.05) is 25.9 Å². The van der Waals surface area contributed by atoms with E-state index >= 15 is 0 Å². The molecule has 0 saturated carbocycles.